The highest BCUT2D eigenvalue weighted by Gasteiger charge is 2.50. The van der Waals surface area contributed by atoms with Gasteiger partial charge in [-0.25, -0.2) is 8.78 Å². The zero-order valence-electron chi connectivity index (χ0n) is 37.5. The highest BCUT2D eigenvalue weighted by atomic mass is 19.1. The SMILES string of the molecule is CB(OC(C)(C)C(C)(C)C)c1ccc([C@H]2CC[C@H](c3ccc(B4CC(C)(C)C(C)(C)O4)cc3C)N2C2C=C(F)C(N3CCC(c4ccccc4)CC3)=C(F)C2C)cc1. The number of piperidine rings is 1. The third-order valence-electron chi connectivity index (χ3n) is 15.4. The van der Waals surface area contributed by atoms with E-state index >= 15 is 8.78 Å². The minimum Gasteiger partial charge on any atom is -0.426 e. The fraction of sp³-hybridized carbons (Fsp3) is 0.560. The van der Waals surface area contributed by atoms with Gasteiger partial charge in [-0.3, -0.25) is 4.90 Å². The second-order valence-corrected chi connectivity index (χ2v) is 20.7. The van der Waals surface area contributed by atoms with Gasteiger partial charge in [0.15, 0.2) is 0 Å². The molecule has 3 fully saturated rings. The van der Waals surface area contributed by atoms with Crippen LogP contribution in [0, 0.1) is 23.7 Å². The Labute approximate surface area is 350 Å². The van der Waals surface area contributed by atoms with Crippen LogP contribution >= 0.6 is 0 Å². The van der Waals surface area contributed by atoms with Crippen molar-refractivity contribution >= 4 is 24.8 Å². The molecular formula is C50H68B2F2N2O2. The normalized spacial score (nSPS) is 25.7. The monoisotopic (exact) mass is 789 g/mol. The summed E-state index contributed by atoms with van der Waals surface area (Å²) in [4.78, 5) is 4.41. The molecule has 0 amide bonds. The van der Waals surface area contributed by atoms with Gasteiger partial charge in [-0.15, -0.1) is 0 Å². The Morgan fingerprint density at radius 3 is 2.05 bits per heavy atom. The van der Waals surface area contributed by atoms with Gasteiger partial charge in [0.25, 0.3) is 0 Å². The molecule has 3 saturated heterocycles. The minimum absolute atomic E-state index is 0.00147. The zero-order valence-corrected chi connectivity index (χ0v) is 37.5. The molecule has 3 aromatic rings. The molecular weight excluding hydrogens is 720 g/mol. The number of nitrogens with zero attached hydrogens (tertiary/aromatic N) is 2. The van der Waals surface area contributed by atoms with Crippen molar-refractivity contribution in [2.75, 3.05) is 13.1 Å². The zero-order chi connectivity index (χ0) is 41.9. The molecule has 4 nitrogen and oxygen atoms in total. The van der Waals surface area contributed by atoms with Crippen LogP contribution in [0.4, 0.5) is 8.78 Å². The van der Waals surface area contributed by atoms with E-state index in [1.807, 2.05) is 17.9 Å². The molecule has 3 aromatic carbocycles. The molecule has 3 aliphatic heterocycles. The maximum absolute atomic E-state index is 17.0. The van der Waals surface area contributed by atoms with Crippen molar-refractivity contribution in [3.8, 4) is 0 Å². The van der Waals surface area contributed by atoms with Gasteiger partial charge in [0, 0.05) is 37.1 Å². The van der Waals surface area contributed by atoms with Crippen LogP contribution in [0.15, 0.2) is 96.2 Å². The molecule has 4 aliphatic rings. The Balaban J connectivity index is 1.18. The molecule has 2 unspecified atom stereocenters. The van der Waals surface area contributed by atoms with E-state index in [0.717, 1.165) is 37.5 Å². The number of halogens is 2. The van der Waals surface area contributed by atoms with Crippen LogP contribution in [0.2, 0.25) is 13.1 Å². The molecule has 0 spiro atoms. The summed E-state index contributed by atoms with van der Waals surface area (Å²) >= 11 is 0. The van der Waals surface area contributed by atoms with E-state index in [0.29, 0.717) is 19.0 Å². The Bertz CT molecular complexity index is 1980. The molecule has 8 heteroatoms. The number of hydrogen-bond acceptors (Lipinski definition) is 4. The van der Waals surface area contributed by atoms with E-state index in [1.54, 1.807) is 6.08 Å². The van der Waals surface area contributed by atoms with Crippen molar-refractivity contribution < 1.29 is 18.1 Å². The average molecular weight is 789 g/mol. The molecule has 58 heavy (non-hydrogen) atoms. The predicted molar refractivity (Wildman–Crippen MR) is 239 cm³/mol. The molecule has 7 rings (SSSR count). The fourth-order valence-corrected chi connectivity index (χ4v) is 9.96. The summed E-state index contributed by atoms with van der Waals surface area (Å²) in [6, 6.07) is 25.7. The number of aryl methyl sites for hydroxylation is 1. The van der Waals surface area contributed by atoms with Crippen molar-refractivity contribution in [2.45, 2.75) is 150 Å². The molecule has 0 saturated carbocycles. The summed E-state index contributed by atoms with van der Waals surface area (Å²) in [7, 11) is 0. The van der Waals surface area contributed by atoms with E-state index in [2.05, 4.69) is 148 Å². The first kappa shape index (κ1) is 42.9. The van der Waals surface area contributed by atoms with Gasteiger partial charge >= 0.3 is 13.8 Å². The van der Waals surface area contributed by atoms with Crippen LogP contribution in [0.1, 0.15) is 135 Å². The maximum atomic E-state index is 17.0. The largest absolute Gasteiger partial charge is 0.426 e. The lowest BCUT2D eigenvalue weighted by atomic mass is 9.54. The maximum Gasteiger partial charge on any atom is 0.327 e. The molecule has 310 valence electrons. The number of rotatable bonds is 9. The Morgan fingerprint density at radius 2 is 1.47 bits per heavy atom. The number of likely N-dealkylation sites (tertiary alicyclic amines) is 2. The standard InChI is InChI=1S/C50H68B2F2N2O2/c1-33-30-39(52-32-48(6,7)50(10,11)58-52)22-23-40(33)43-25-24-42(37-18-20-38(21-19-37)51(12)57-49(8,9)47(3,4)5)56(43)44-31-41(53)46(45(54)34(44)2)55-28-26-36(27-29-55)35-16-14-13-15-17-35/h13-23,30-31,34,36,42-44H,24-29,32H2,1-12H3/t34?,42-,43-,44?/m1/s1. The van der Waals surface area contributed by atoms with Gasteiger partial charge in [0.05, 0.1) is 11.2 Å². The van der Waals surface area contributed by atoms with Crippen LogP contribution in [0.3, 0.4) is 0 Å². The Hall–Kier alpha value is -3.19. The molecule has 1 aliphatic carbocycles. The molecule has 0 aromatic heterocycles. The van der Waals surface area contributed by atoms with Crippen LogP contribution in [0.5, 0.6) is 0 Å². The number of benzene rings is 3. The Morgan fingerprint density at radius 1 is 0.828 bits per heavy atom. The van der Waals surface area contributed by atoms with Gasteiger partial charge in [-0.1, -0.05) is 121 Å². The van der Waals surface area contributed by atoms with Crippen molar-refractivity contribution in [1.29, 1.82) is 0 Å². The second-order valence-electron chi connectivity index (χ2n) is 20.7. The predicted octanol–water partition coefficient (Wildman–Crippen LogP) is 11.5. The summed E-state index contributed by atoms with van der Waals surface area (Å²) in [5.41, 5.74) is 6.92. The fourth-order valence-electron chi connectivity index (χ4n) is 9.96. The van der Waals surface area contributed by atoms with Gasteiger partial charge in [-0.05, 0) is 123 Å². The van der Waals surface area contributed by atoms with Crippen LogP contribution in [-0.2, 0) is 9.31 Å². The van der Waals surface area contributed by atoms with E-state index in [-0.39, 0.29) is 59.5 Å². The lowest BCUT2D eigenvalue weighted by Gasteiger charge is -2.43. The van der Waals surface area contributed by atoms with Gasteiger partial charge < -0.3 is 14.2 Å². The van der Waals surface area contributed by atoms with Gasteiger partial charge in [0.2, 0.25) is 0 Å². The molecule has 0 radical (unpaired) electrons. The van der Waals surface area contributed by atoms with Crippen LogP contribution in [-0.4, -0.2) is 54.0 Å². The summed E-state index contributed by atoms with van der Waals surface area (Å²) in [6.07, 6.45) is 6.27. The van der Waals surface area contributed by atoms with E-state index in [4.69, 9.17) is 9.31 Å². The highest BCUT2D eigenvalue weighted by Crippen LogP contribution is 2.51. The van der Waals surface area contributed by atoms with Crippen molar-refractivity contribution in [1.82, 2.24) is 9.80 Å². The molecule has 4 atom stereocenters. The topological polar surface area (TPSA) is 24.9 Å². The third-order valence-corrected chi connectivity index (χ3v) is 15.4. The van der Waals surface area contributed by atoms with E-state index < -0.39 is 17.8 Å². The van der Waals surface area contributed by atoms with Gasteiger partial charge in [-0.2, -0.15) is 0 Å². The minimum atomic E-state index is -0.507. The van der Waals surface area contributed by atoms with Crippen molar-refractivity contribution in [3.05, 3.63) is 118 Å². The van der Waals surface area contributed by atoms with Crippen LogP contribution in [0.25, 0.3) is 0 Å². The number of hydrogen-bond donors (Lipinski definition) is 0. The lowest BCUT2D eigenvalue weighted by Crippen LogP contribution is -2.47. The second kappa shape index (κ2) is 16.0. The Kier molecular flexibility index (Phi) is 11.8. The number of allylic oxidation sites excluding steroid dienone is 1. The van der Waals surface area contributed by atoms with Crippen LogP contribution < -0.4 is 10.9 Å². The highest BCUT2D eigenvalue weighted by molar-refractivity contribution is 6.68. The van der Waals surface area contributed by atoms with Crippen molar-refractivity contribution in [3.63, 3.8) is 0 Å². The molecule has 3 heterocycles. The smallest absolute Gasteiger partial charge is 0.327 e. The first-order chi connectivity index (χ1) is 27.2. The van der Waals surface area contributed by atoms with E-state index in [9.17, 15) is 0 Å². The summed E-state index contributed by atoms with van der Waals surface area (Å²) in [5.74, 6) is -0.854. The van der Waals surface area contributed by atoms with E-state index in [1.165, 1.54) is 27.7 Å². The summed E-state index contributed by atoms with van der Waals surface area (Å²) < 4.78 is 46.9. The lowest BCUT2D eigenvalue weighted by molar-refractivity contribution is 0.000447. The third kappa shape index (κ3) is 8.16. The quantitative estimate of drug-likeness (QED) is 0.202. The first-order valence-corrected chi connectivity index (χ1v) is 22.1. The first-order valence-electron chi connectivity index (χ1n) is 22.1. The van der Waals surface area contributed by atoms with Crippen molar-refractivity contribution in [2.24, 2.45) is 16.7 Å². The molecule has 0 bridgehead atoms. The summed E-state index contributed by atoms with van der Waals surface area (Å²) in [5, 5.41) is 0. The summed E-state index contributed by atoms with van der Waals surface area (Å²) in [6.45, 7) is 27.5. The average Bonchev–Trinajstić information content (AvgIpc) is 3.69. The molecule has 0 N–H and O–H groups in total. The van der Waals surface area contributed by atoms with Gasteiger partial charge in [0.1, 0.15) is 17.4 Å².